The van der Waals surface area contributed by atoms with E-state index in [0.29, 0.717) is 0 Å². The topological polar surface area (TPSA) is 3.01 Å². The quantitative estimate of drug-likeness (QED) is 0.323. The molecule has 1 nitrogen and oxygen atoms in total. The summed E-state index contributed by atoms with van der Waals surface area (Å²) in [5, 5.41) is 0. The van der Waals surface area contributed by atoms with Crippen LogP contribution in [0.1, 0.15) is 39.7 Å². The van der Waals surface area contributed by atoms with Crippen LogP contribution in [0.25, 0.3) is 0 Å². The summed E-state index contributed by atoms with van der Waals surface area (Å²) in [7, 11) is 0. The maximum atomic E-state index is 3.32. The van der Waals surface area contributed by atoms with Gasteiger partial charge in [0.05, 0.1) is 0 Å². The van der Waals surface area contributed by atoms with E-state index in [1.807, 2.05) is 6.07 Å². The largest absolute Gasteiger partial charge is 1.00 e. The van der Waals surface area contributed by atoms with Gasteiger partial charge in [-0.3, -0.25) is 0 Å². The second-order valence-corrected chi connectivity index (χ2v) is 5.99. The number of benzene rings is 1. The van der Waals surface area contributed by atoms with Crippen LogP contribution in [0.3, 0.4) is 0 Å². The summed E-state index contributed by atoms with van der Waals surface area (Å²) in [6, 6.07) is 7.56. The van der Waals surface area contributed by atoms with Crippen molar-refractivity contribution in [3.63, 3.8) is 0 Å². The first-order valence-corrected chi connectivity index (χ1v) is 6.90. The monoisotopic (exact) mass is 350 g/mol. The van der Waals surface area contributed by atoms with Crippen LogP contribution in [0, 0.1) is 9.64 Å². The van der Waals surface area contributed by atoms with Crippen molar-refractivity contribution in [1.82, 2.24) is 0 Å². The van der Waals surface area contributed by atoms with Crippen molar-refractivity contribution in [2.45, 2.75) is 39.5 Å². The second kappa shape index (κ2) is 5.72. The SMILES string of the molecule is CCC[N+]1=C(C)C(C)(C)c2c(I)[c-]ccc21.[Na+]. The molecule has 0 amide bonds. The van der Waals surface area contributed by atoms with Crippen molar-refractivity contribution in [3.05, 3.63) is 27.3 Å². The molecule has 1 aliphatic rings. The Morgan fingerprint density at radius 1 is 1.41 bits per heavy atom. The Kier molecular flexibility index (Phi) is 5.28. The van der Waals surface area contributed by atoms with E-state index < -0.39 is 0 Å². The van der Waals surface area contributed by atoms with Crippen LogP contribution in [0.4, 0.5) is 5.69 Å². The Hall–Kier alpha value is 0.620. The second-order valence-electron chi connectivity index (χ2n) is 4.91. The van der Waals surface area contributed by atoms with E-state index in [-0.39, 0.29) is 35.0 Å². The molecule has 1 aromatic carbocycles. The maximum Gasteiger partial charge on any atom is 1.00 e. The molecule has 0 bridgehead atoms. The van der Waals surface area contributed by atoms with Crippen LogP contribution in [0.15, 0.2) is 12.1 Å². The normalized spacial score (nSPS) is 16.8. The maximum absolute atomic E-state index is 3.32. The standard InChI is InChI=1S/C14H18IN.Na/c1-5-9-16-10(2)14(3,4)13-11(15)7-6-8-12(13)16;/h6,8H,5,9H2,1-4H3;/q;+1. The molecule has 0 aromatic heterocycles. The number of hydrogen-bond donors (Lipinski definition) is 0. The Bertz CT molecular complexity index is 463. The Labute approximate surface area is 140 Å². The third-order valence-corrected chi connectivity index (χ3v) is 4.45. The number of halogens is 1. The van der Waals surface area contributed by atoms with Gasteiger partial charge in [0.25, 0.3) is 0 Å². The van der Waals surface area contributed by atoms with Gasteiger partial charge in [0.2, 0.25) is 0 Å². The first-order valence-electron chi connectivity index (χ1n) is 5.82. The first kappa shape index (κ1) is 15.7. The molecule has 0 atom stereocenters. The van der Waals surface area contributed by atoms with E-state index in [1.165, 1.54) is 27.0 Å². The zero-order valence-electron chi connectivity index (χ0n) is 11.4. The van der Waals surface area contributed by atoms with Crippen molar-refractivity contribution >= 4 is 34.0 Å². The molecular formula is C14H18INNa+. The van der Waals surface area contributed by atoms with Crippen LogP contribution < -0.4 is 29.6 Å². The first-order chi connectivity index (χ1) is 7.50. The molecule has 0 saturated carbocycles. The van der Waals surface area contributed by atoms with Gasteiger partial charge in [0, 0.05) is 18.8 Å². The zero-order chi connectivity index (χ0) is 11.9. The summed E-state index contributed by atoms with van der Waals surface area (Å²) in [5.41, 5.74) is 4.44. The summed E-state index contributed by atoms with van der Waals surface area (Å²) >= 11 is 2.40. The van der Waals surface area contributed by atoms with Crippen LogP contribution >= 0.6 is 22.6 Å². The van der Waals surface area contributed by atoms with Crippen LogP contribution in [-0.2, 0) is 5.41 Å². The molecule has 0 aliphatic carbocycles. The van der Waals surface area contributed by atoms with Gasteiger partial charge in [-0.25, -0.2) is 4.58 Å². The molecular weight excluding hydrogens is 332 g/mol. The van der Waals surface area contributed by atoms with Gasteiger partial charge in [0.1, 0.15) is 12.2 Å². The summed E-state index contributed by atoms with van der Waals surface area (Å²) < 4.78 is 3.73. The van der Waals surface area contributed by atoms with Crippen molar-refractivity contribution in [2.75, 3.05) is 6.54 Å². The van der Waals surface area contributed by atoms with E-state index in [1.54, 1.807) is 0 Å². The number of rotatable bonds is 2. The summed E-state index contributed by atoms with van der Waals surface area (Å²) in [4.78, 5) is 0. The average Bonchev–Trinajstić information content (AvgIpc) is 2.41. The fourth-order valence-corrected chi connectivity index (χ4v) is 3.62. The molecule has 2 rings (SSSR count). The average molecular weight is 350 g/mol. The van der Waals surface area contributed by atoms with Crippen molar-refractivity contribution in [3.8, 4) is 0 Å². The number of fused-ring (bicyclic) bond motifs is 1. The van der Waals surface area contributed by atoms with Gasteiger partial charge in [-0.15, -0.1) is 6.07 Å². The molecule has 0 spiro atoms. The Morgan fingerprint density at radius 3 is 2.65 bits per heavy atom. The summed E-state index contributed by atoms with van der Waals surface area (Å²) in [6.07, 6.45) is 1.18. The van der Waals surface area contributed by atoms with Gasteiger partial charge < -0.3 is 0 Å². The molecule has 3 heteroatoms. The molecule has 0 N–H and O–H groups in total. The molecule has 1 aliphatic heterocycles. The third-order valence-electron chi connectivity index (χ3n) is 3.60. The molecule has 0 unspecified atom stereocenters. The molecule has 0 saturated heterocycles. The molecule has 0 radical (unpaired) electrons. The van der Waals surface area contributed by atoms with E-state index in [9.17, 15) is 0 Å². The van der Waals surface area contributed by atoms with Gasteiger partial charge in [-0.1, -0.05) is 52.5 Å². The van der Waals surface area contributed by atoms with Crippen LogP contribution in [0.2, 0.25) is 0 Å². The minimum Gasteiger partial charge on any atom is -0.222 e. The summed E-state index contributed by atoms with van der Waals surface area (Å²) in [5.74, 6) is 0. The molecule has 86 valence electrons. The van der Waals surface area contributed by atoms with Crippen molar-refractivity contribution in [1.29, 1.82) is 0 Å². The minimum absolute atomic E-state index is 0. The summed E-state index contributed by atoms with van der Waals surface area (Å²) in [6.45, 7) is 10.2. The van der Waals surface area contributed by atoms with E-state index in [0.717, 1.165) is 6.54 Å². The van der Waals surface area contributed by atoms with Crippen molar-refractivity contribution in [2.24, 2.45) is 0 Å². The Morgan fingerprint density at radius 2 is 2.06 bits per heavy atom. The van der Waals surface area contributed by atoms with Crippen molar-refractivity contribution < 1.29 is 34.1 Å². The van der Waals surface area contributed by atoms with E-state index >= 15 is 0 Å². The van der Waals surface area contributed by atoms with Crippen LogP contribution in [0.5, 0.6) is 0 Å². The fourth-order valence-electron chi connectivity index (χ4n) is 2.49. The molecule has 1 aromatic rings. The molecule has 17 heavy (non-hydrogen) atoms. The predicted molar refractivity (Wildman–Crippen MR) is 76.8 cm³/mol. The number of nitrogens with zero attached hydrogens (tertiary/aromatic N) is 1. The smallest absolute Gasteiger partial charge is 0.222 e. The predicted octanol–water partition coefficient (Wildman–Crippen LogP) is 0.901. The minimum atomic E-state index is 0. The zero-order valence-corrected chi connectivity index (χ0v) is 15.6. The van der Waals surface area contributed by atoms with Gasteiger partial charge >= 0.3 is 29.6 Å². The molecule has 1 heterocycles. The third kappa shape index (κ3) is 2.51. The molecule has 0 fully saturated rings. The van der Waals surface area contributed by atoms with Gasteiger partial charge in [0.15, 0.2) is 5.71 Å². The van der Waals surface area contributed by atoms with E-state index in [4.69, 9.17) is 0 Å². The van der Waals surface area contributed by atoms with Gasteiger partial charge in [-0.2, -0.15) is 12.1 Å². The number of hydrogen-bond acceptors (Lipinski definition) is 0. The van der Waals surface area contributed by atoms with Gasteiger partial charge in [-0.05, 0) is 0 Å². The fraction of sp³-hybridized carbons (Fsp3) is 0.500. The van der Waals surface area contributed by atoms with E-state index in [2.05, 4.69) is 67.0 Å². The van der Waals surface area contributed by atoms with Crippen LogP contribution in [-0.4, -0.2) is 16.8 Å². The Balaban J connectivity index is 0.00000144.